The van der Waals surface area contributed by atoms with E-state index in [4.69, 9.17) is 21.6 Å². The molecule has 1 aliphatic carbocycles. The number of carbonyl (C=O) groups excluding carboxylic acids is 1. The molecule has 2 rings (SSSR count). The van der Waals surface area contributed by atoms with E-state index in [0.29, 0.717) is 5.82 Å². The van der Waals surface area contributed by atoms with E-state index in [1.165, 1.54) is 6.20 Å². The molecule has 0 unspecified atom stereocenters. The van der Waals surface area contributed by atoms with Crippen LogP contribution in [0.2, 0.25) is 5.28 Å². The van der Waals surface area contributed by atoms with Gasteiger partial charge in [-0.15, -0.1) is 0 Å². The summed E-state index contributed by atoms with van der Waals surface area (Å²) in [6.07, 6.45) is 4.80. The van der Waals surface area contributed by atoms with E-state index in [0.717, 1.165) is 25.7 Å². The Bertz CT molecular complexity index is 550. The van der Waals surface area contributed by atoms with Gasteiger partial charge < -0.3 is 10.1 Å². The lowest BCUT2D eigenvalue weighted by Gasteiger charge is -2.26. The zero-order chi connectivity index (χ0) is 15.2. The van der Waals surface area contributed by atoms with Crippen molar-refractivity contribution in [3.05, 3.63) is 17.0 Å². The number of carbonyl (C=O) groups is 1. The maximum Gasteiger partial charge on any atom is 0.343 e. The summed E-state index contributed by atoms with van der Waals surface area (Å²) >= 11 is 5.80. The van der Waals surface area contributed by atoms with E-state index in [1.54, 1.807) is 6.92 Å². The van der Waals surface area contributed by atoms with Crippen molar-refractivity contribution in [1.29, 1.82) is 5.26 Å². The molecular weight excluding hydrogens is 292 g/mol. The Balaban J connectivity index is 2.10. The van der Waals surface area contributed by atoms with Crippen LogP contribution < -0.4 is 5.32 Å². The number of nitriles is 1. The van der Waals surface area contributed by atoms with Crippen LogP contribution in [0, 0.1) is 17.2 Å². The molecule has 1 saturated carbocycles. The molecule has 1 heterocycles. The van der Waals surface area contributed by atoms with Crippen molar-refractivity contribution in [3.63, 3.8) is 0 Å². The van der Waals surface area contributed by atoms with Crippen molar-refractivity contribution in [1.82, 2.24) is 9.97 Å². The van der Waals surface area contributed by atoms with Gasteiger partial charge in [-0.3, -0.25) is 0 Å². The highest BCUT2D eigenvalue weighted by Crippen LogP contribution is 2.27. The SMILES string of the molecule is CCOC(=O)c1cnc(Cl)nc1N[C@H]1CC[C@@H](C#N)CC1. The second kappa shape index (κ2) is 7.23. The summed E-state index contributed by atoms with van der Waals surface area (Å²) in [7, 11) is 0. The van der Waals surface area contributed by atoms with Gasteiger partial charge in [-0.05, 0) is 44.2 Å². The predicted octanol–water partition coefficient (Wildman–Crippen LogP) is 2.80. The fourth-order valence-electron chi connectivity index (χ4n) is 2.39. The third-order valence-corrected chi connectivity index (χ3v) is 3.69. The number of esters is 1. The van der Waals surface area contributed by atoms with E-state index in [2.05, 4.69) is 21.4 Å². The third-order valence-electron chi connectivity index (χ3n) is 3.51. The van der Waals surface area contributed by atoms with Crippen molar-refractivity contribution < 1.29 is 9.53 Å². The Morgan fingerprint density at radius 2 is 2.24 bits per heavy atom. The number of aromatic nitrogens is 2. The van der Waals surface area contributed by atoms with Crippen LogP contribution in [0.1, 0.15) is 43.0 Å². The Hall–Kier alpha value is -1.87. The zero-order valence-electron chi connectivity index (χ0n) is 11.8. The second-order valence-electron chi connectivity index (χ2n) is 4.94. The number of anilines is 1. The Morgan fingerprint density at radius 1 is 1.52 bits per heavy atom. The molecule has 1 fully saturated rings. The van der Waals surface area contributed by atoms with Crippen LogP contribution in [-0.2, 0) is 4.74 Å². The fraction of sp³-hybridized carbons (Fsp3) is 0.571. The molecule has 1 aromatic rings. The molecule has 0 radical (unpaired) electrons. The van der Waals surface area contributed by atoms with E-state index < -0.39 is 5.97 Å². The molecule has 1 N–H and O–H groups in total. The average Bonchev–Trinajstić information content (AvgIpc) is 2.48. The lowest BCUT2D eigenvalue weighted by Crippen LogP contribution is -2.27. The van der Waals surface area contributed by atoms with Gasteiger partial charge in [0.25, 0.3) is 0 Å². The summed E-state index contributed by atoms with van der Waals surface area (Å²) in [4.78, 5) is 19.8. The van der Waals surface area contributed by atoms with Crippen molar-refractivity contribution in [3.8, 4) is 6.07 Å². The van der Waals surface area contributed by atoms with E-state index in [9.17, 15) is 4.79 Å². The molecule has 0 saturated heterocycles. The molecule has 0 spiro atoms. The average molecular weight is 309 g/mol. The van der Waals surface area contributed by atoms with Crippen LogP contribution in [0.4, 0.5) is 5.82 Å². The highest BCUT2D eigenvalue weighted by molar-refractivity contribution is 6.28. The van der Waals surface area contributed by atoms with Crippen LogP contribution in [0.25, 0.3) is 0 Å². The summed E-state index contributed by atoms with van der Waals surface area (Å²) in [6, 6.07) is 2.47. The largest absolute Gasteiger partial charge is 0.462 e. The van der Waals surface area contributed by atoms with Gasteiger partial charge in [0.2, 0.25) is 5.28 Å². The molecule has 0 bridgehead atoms. The molecular formula is C14H17ClN4O2. The smallest absolute Gasteiger partial charge is 0.343 e. The maximum absolute atomic E-state index is 11.9. The summed E-state index contributed by atoms with van der Waals surface area (Å²) in [6.45, 7) is 2.03. The van der Waals surface area contributed by atoms with Crippen LogP contribution >= 0.6 is 11.6 Å². The molecule has 1 aromatic heterocycles. The monoisotopic (exact) mass is 308 g/mol. The van der Waals surface area contributed by atoms with Gasteiger partial charge in [0.1, 0.15) is 11.4 Å². The molecule has 1 aliphatic rings. The van der Waals surface area contributed by atoms with E-state index >= 15 is 0 Å². The Kier molecular flexibility index (Phi) is 5.34. The van der Waals surface area contributed by atoms with Crippen LogP contribution in [0.5, 0.6) is 0 Å². The molecule has 6 nitrogen and oxygen atoms in total. The number of hydrogen-bond acceptors (Lipinski definition) is 6. The minimum absolute atomic E-state index is 0.0799. The van der Waals surface area contributed by atoms with Gasteiger partial charge in [0.15, 0.2) is 0 Å². The summed E-state index contributed by atoms with van der Waals surface area (Å²) < 4.78 is 4.99. The van der Waals surface area contributed by atoms with E-state index in [-0.39, 0.29) is 29.4 Å². The number of ether oxygens (including phenoxy) is 1. The normalized spacial score (nSPS) is 21.4. The van der Waals surface area contributed by atoms with Crippen molar-refractivity contribution in [2.24, 2.45) is 5.92 Å². The molecule has 0 amide bonds. The van der Waals surface area contributed by atoms with Gasteiger partial charge in [0, 0.05) is 18.2 Å². The van der Waals surface area contributed by atoms with Crippen molar-refractivity contribution >= 4 is 23.4 Å². The number of rotatable bonds is 4. The van der Waals surface area contributed by atoms with Gasteiger partial charge in [0.05, 0.1) is 12.7 Å². The summed E-state index contributed by atoms with van der Waals surface area (Å²) in [5, 5.41) is 12.2. The zero-order valence-corrected chi connectivity index (χ0v) is 12.6. The minimum Gasteiger partial charge on any atom is -0.462 e. The lowest BCUT2D eigenvalue weighted by molar-refractivity contribution is 0.0526. The van der Waals surface area contributed by atoms with Crippen molar-refractivity contribution in [2.45, 2.75) is 38.6 Å². The van der Waals surface area contributed by atoms with Crippen molar-refractivity contribution in [2.75, 3.05) is 11.9 Å². The molecule has 112 valence electrons. The Labute approximate surface area is 128 Å². The fourth-order valence-corrected chi connectivity index (χ4v) is 2.52. The van der Waals surface area contributed by atoms with Crippen LogP contribution in [-0.4, -0.2) is 28.6 Å². The summed E-state index contributed by atoms with van der Waals surface area (Å²) in [5.41, 5.74) is 0.281. The maximum atomic E-state index is 11.9. The third kappa shape index (κ3) is 4.05. The number of halogens is 1. The second-order valence-corrected chi connectivity index (χ2v) is 5.28. The highest BCUT2D eigenvalue weighted by atomic mass is 35.5. The van der Waals surface area contributed by atoms with Gasteiger partial charge >= 0.3 is 5.97 Å². The molecule has 7 heteroatoms. The highest BCUT2D eigenvalue weighted by Gasteiger charge is 2.23. The molecule has 0 atom stereocenters. The first-order chi connectivity index (χ1) is 10.1. The quantitative estimate of drug-likeness (QED) is 0.679. The van der Waals surface area contributed by atoms with E-state index in [1.807, 2.05) is 0 Å². The number of hydrogen-bond donors (Lipinski definition) is 1. The first kappa shape index (κ1) is 15.5. The summed E-state index contributed by atoms with van der Waals surface area (Å²) in [5.74, 6) is 0.0535. The molecule has 0 aromatic carbocycles. The van der Waals surface area contributed by atoms with Gasteiger partial charge in [-0.1, -0.05) is 0 Å². The predicted molar refractivity (Wildman–Crippen MR) is 78.0 cm³/mol. The number of nitrogens with one attached hydrogen (secondary N) is 1. The topological polar surface area (TPSA) is 87.9 Å². The molecule has 0 aliphatic heterocycles. The first-order valence-corrected chi connectivity index (χ1v) is 7.37. The lowest BCUT2D eigenvalue weighted by atomic mass is 9.87. The standard InChI is InChI=1S/C14H17ClN4O2/c1-2-21-13(20)11-8-17-14(15)19-12(11)18-10-5-3-9(7-16)4-6-10/h8-10H,2-6H2,1H3,(H,17,18,19)/t9-,10+. The van der Waals surface area contributed by atoms with Gasteiger partial charge in [-0.25, -0.2) is 9.78 Å². The Morgan fingerprint density at radius 3 is 2.86 bits per heavy atom. The number of nitrogens with zero attached hydrogens (tertiary/aromatic N) is 3. The van der Waals surface area contributed by atoms with Crippen LogP contribution in [0.3, 0.4) is 0 Å². The first-order valence-electron chi connectivity index (χ1n) is 6.99. The van der Waals surface area contributed by atoms with Crippen LogP contribution in [0.15, 0.2) is 6.20 Å². The van der Waals surface area contributed by atoms with Gasteiger partial charge in [-0.2, -0.15) is 10.2 Å². The molecule has 21 heavy (non-hydrogen) atoms. The minimum atomic E-state index is -0.470.